The number of hydrogen-bond donors (Lipinski definition) is 3. The number of fused-ring (bicyclic) bond motifs is 1. The van der Waals surface area contributed by atoms with E-state index in [9.17, 15) is 5.11 Å². The number of ether oxygens (including phenoxy) is 1. The smallest absolute Gasteiger partial charge is 0.191 e. The van der Waals surface area contributed by atoms with Crippen LogP contribution in [0.4, 0.5) is 0 Å². The number of morpholine rings is 1. The van der Waals surface area contributed by atoms with Gasteiger partial charge in [-0.15, -0.1) is 11.3 Å². The average Bonchev–Trinajstić information content (AvgIpc) is 3.32. The molecule has 0 bridgehead atoms. The first-order valence-corrected chi connectivity index (χ1v) is 11.8. The molecule has 1 atom stereocenters. The molecule has 6 nitrogen and oxygen atoms in total. The topological polar surface area (TPSA) is 69.1 Å². The molecule has 2 heterocycles. The molecule has 2 aliphatic rings. The minimum Gasteiger partial charge on any atom is -0.508 e. The number of nitrogens with zero attached hydrogens (tertiary/aromatic N) is 2. The van der Waals surface area contributed by atoms with E-state index >= 15 is 0 Å². The number of phenols is 1. The fourth-order valence-electron chi connectivity index (χ4n) is 4.45. The number of nitrogens with one attached hydrogen (secondary N) is 2. The third-order valence-electron chi connectivity index (χ3n) is 6.10. The first-order valence-electron chi connectivity index (χ1n) is 10.9. The Morgan fingerprint density at radius 1 is 1.20 bits per heavy atom. The zero-order chi connectivity index (χ0) is 20.8. The molecule has 1 saturated heterocycles. The van der Waals surface area contributed by atoms with Gasteiger partial charge in [-0.2, -0.15) is 0 Å². The van der Waals surface area contributed by atoms with E-state index in [4.69, 9.17) is 4.74 Å². The van der Waals surface area contributed by atoms with Gasteiger partial charge in [0.25, 0.3) is 0 Å². The largest absolute Gasteiger partial charge is 0.508 e. The maximum atomic E-state index is 10.4. The van der Waals surface area contributed by atoms with Crippen molar-refractivity contribution < 1.29 is 9.84 Å². The summed E-state index contributed by atoms with van der Waals surface area (Å²) in [5.74, 6) is 1.14. The molecule has 7 heteroatoms. The molecule has 0 radical (unpaired) electrons. The Balaban J connectivity index is 1.40. The zero-order valence-corrected chi connectivity index (χ0v) is 18.5. The molecular weight excluding hydrogens is 396 g/mol. The molecule has 0 saturated carbocycles. The minimum atomic E-state index is 0.297. The monoisotopic (exact) mass is 428 g/mol. The van der Waals surface area contributed by atoms with Gasteiger partial charge in [0.2, 0.25) is 0 Å². The van der Waals surface area contributed by atoms with E-state index in [1.54, 1.807) is 18.4 Å². The van der Waals surface area contributed by atoms with Crippen molar-refractivity contribution in [3.05, 3.63) is 51.2 Å². The van der Waals surface area contributed by atoms with Crippen molar-refractivity contribution in [2.75, 3.05) is 39.9 Å². The number of benzene rings is 1. The molecule has 1 aliphatic carbocycles. The molecule has 1 aromatic heterocycles. The highest BCUT2D eigenvalue weighted by Gasteiger charge is 2.24. The molecule has 162 valence electrons. The summed E-state index contributed by atoms with van der Waals surface area (Å²) in [6.45, 7) is 4.82. The molecule has 1 aliphatic heterocycles. The van der Waals surface area contributed by atoms with Crippen LogP contribution < -0.4 is 10.6 Å². The summed E-state index contributed by atoms with van der Waals surface area (Å²) >= 11 is 1.80. The molecule has 0 amide bonds. The van der Waals surface area contributed by atoms with E-state index in [0.717, 1.165) is 57.2 Å². The van der Waals surface area contributed by atoms with E-state index in [1.165, 1.54) is 28.8 Å². The second-order valence-corrected chi connectivity index (χ2v) is 8.87. The van der Waals surface area contributed by atoms with E-state index in [2.05, 4.69) is 44.1 Å². The molecule has 1 unspecified atom stereocenters. The molecule has 3 N–H and O–H groups in total. The first kappa shape index (κ1) is 21.2. The molecular formula is C23H32N4O2S. The molecule has 30 heavy (non-hydrogen) atoms. The summed E-state index contributed by atoms with van der Waals surface area (Å²) in [5, 5.41) is 19.5. The van der Waals surface area contributed by atoms with Crippen LogP contribution in [0.15, 0.2) is 34.6 Å². The lowest BCUT2D eigenvalue weighted by molar-refractivity contribution is 0.0177. The van der Waals surface area contributed by atoms with Crippen LogP contribution in [0.25, 0.3) is 0 Å². The molecule has 4 rings (SSSR count). The highest BCUT2D eigenvalue weighted by molar-refractivity contribution is 7.10. The Morgan fingerprint density at radius 3 is 2.80 bits per heavy atom. The van der Waals surface area contributed by atoms with Crippen LogP contribution >= 0.6 is 11.3 Å². The average molecular weight is 429 g/mol. The van der Waals surface area contributed by atoms with E-state index < -0.39 is 0 Å². The molecule has 0 spiro atoms. The summed E-state index contributed by atoms with van der Waals surface area (Å²) in [4.78, 5) is 8.25. The van der Waals surface area contributed by atoms with Gasteiger partial charge in [0.15, 0.2) is 5.96 Å². The third-order valence-corrected chi connectivity index (χ3v) is 7.08. The molecule has 1 fully saturated rings. The molecule has 1 aromatic carbocycles. The standard InChI is InChI=1S/C23H32N4O2S/c1-24-23(25-15-19-18-6-3-2-5-17(18)8-9-21(19)28)26-16-20(22-7-4-14-30-22)27-10-12-29-13-11-27/h4,7-9,14,20,28H,2-3,5-6,10-13,15-16H2,1H3,(H2,24,25,26). The van der Waals surface area contributed by atoms with Crippen LogP contribution in [0, 0.1) is 0 Å². The zero-order valence-electron chi connectivity index (χ0n) is 17.7. The van der Waals surface area contributed by atoms with Crippen LogP contribution in [0.3, 0.4) is 0 Å². The summed E-state index contributed by atoms with van der Waals surface area (Å²) < 4.78 is 5.54. The summed E-state index contributed by atoms with van der Waals surface area (Å²) in [7, 11) is 1.80. The SMILES string of the molecule is CN=C(NCc1c(O)ccc2c1CCCC2)NCC(c1cccs1)N1CCOCC1. The van der Waals surface area contributed by atoms with Crippen molar-refractivity contribution in [3.8, 4) is 5.75 Å². The second kappa shape index (κ2) is 10.3. The van der Waals surface area contributed by atoms with E-state index in [1.807, 2.05) is 6.07 Å². The maximum Gasteiger partial charge on any atom is 0.191 e. The van der Waals surface area contributed by atoms with Gasteiger partial charge in [-0.25, -0.2) is 0 Å². The van der Waals surface area contributed by atoms with E-state index in [-0.39, 0.29) is 0 Å². The van der Waals surface area contributed by atoms with Crippen molar-refractivity contribution in [3.63, 3.8) is 0 Å². The van der Waals surface area contributed by atoms with Crippen LogP contribution in [-0.2, 0) is 24.1 Å². The van der Waals surface area contributed by atoms with Crippen molar-refractivity contribution in [2.24, 2.45) is 4.99 Å². The Morgan fingerprint density at radius 2 is 2.03 bits per heavy atom. The van der Waals surface area contributed by atoms with Gasteiger partial charge in [0.05, 0.1) is 19.3 Å². The van der Waals surface area contributed by atoms with Crippen LogP contribution in [0.2, 0.25) is 0 Å². The van der Waals surface area contributed by atoms with Gasteiger partial charge in [0.1, 0.15) is 5.75 Å². The number of aliphatic imine (C=N–C) groups is 1. The van der Waals surface area contributed by atoms with Crippen molar-refractivity contribution in [1.29, 1.82) is 0 Å². The van der Waals surface area contributed by atoms with Gasteiger partial charge in [0, 0.05) is 43.7 Å². The lowest BCUT2D eigenvalue weighted by atomic mass is 9.88. The summed E-state index contributed by atoms with van der Waals surface area (Å²) in [6.07, 6.45) is 4.58. The van der Waals surface area contributed by atoms with Crippen LogP contribution in [-0.4, -0.2) is 55.9 Å². The summed E-state index contributed by atoms with van der Waals surface area (Å²) in [6, 6.07) is 8.53. The normalized spacial score (nSPS) is 18.6. The fraction of sp³-hybridized carbons (Fsp3) is 0.522. The van der Waals surface area contributed by atoms with Crippen LogP contribution in [0.1, 0.15) is 40.5 Å². The predicted octanol–water partition coefficient (Wildman–Crippen LogP) is 3.07. The lowest BCUT2D eigenvalue weighted by Crippen LogP contribution is -2.46. The number of guanidine groups is 1. The lowest BCUT2D eigenvalue weighted by Gasteiger charge is -2.34. The Labute approximate surface area is 183 Å². The third kappa shape index (κ3) is 4.96. The first-order chi connectivity index (χ1) is 14.8. The Kier molecular flexibility index (Phi) is 7.25. The highest BCUT2D eigenvalue weighted by atomic mass is 32.1. The number of hydrogen-bond acceptors (Lipinski definition) is 5. The van der Waals surface area contributed by atoms with Gasteiger partial charge < -0.3 is 20.5 Å². The number of aryl methyl sites for hydroxylation is 1. The van der Waals surface area contributed by atoms with Crippen molar-refractivity contribution >= 4 is 17.3 Å². The number of aromatic hydroxyl groups is 1. The maximum absolute atomic E-state index is 10.4. The van der Waals surface area contributed by atoms with Crippen LogP contribution in [0.5, 0.6) is 5.75 Å². The number of thiophene rings is 1. The van der Waals surface area contributed by atoms with Crippen molar-refractivity contribution in [1.82, 2.24) is 15.5 Å². The second-order valence-electron chi connectivity index (χ2n) is 7.89. The molecule has 2 aromatic rings. The predicted molar refractivity (Wildman–Crippen MR) is 122 cm³/mol. The quantitative estimate of drug-likeness (QED) is 0.487. The minimum absolute atomic E-state index is 0.297. The van der Waals surface area contributed by atoms with Crippen molar-refractivity contribution in [2.45, 2.75) is 38.3 Å². The Bertz CT molecular complexity index is 847. The van der Waals surface area contributed by atoms with Gasteiger partial charge in [-0.1, -0.05) is 12.1 Å². The van der Waals surface area contributed by atoms with Gasteiger partial charge in [-0.05, 0) is 54.3 Å². The van der Waals surface area contributed by atoms with E-state index in [0.29, 0.717) is 18.3 Å². The Hall–Kier alpha value is -2.09. The fourth-order valence-corrected chi connectivity index (χ4v) is 5.32. The highest BCUT2D eigenvalue weighted by Crippen LogP contribution is 2.30. The van der Waals surface area contributed by atoms with Gasteiger partial charge >= 0.3 is 0 Å². The van der Waals surface area contributed by atoms with Gasteiger partial charge in [-0.3, -0.25) is 9.89 Å². The summed E-state index contributed by atoms with van der Waals surface area (Å²) in [5.41, 5.74) is 3.70. The number of phenolic OH excluding ortho intramolecular Hbond substituents is 1. The number of rotatable bonds is 6.